The van der Waals surface area contributed by atoms with E-state index in [2.05, 4.69) is 21.3 Å². The molecule has 0 saturated heterocycles. The normalized spacial score (nSPS) is 10.4. The van der Waals surface area contributed by atoms with E-state index in [1.54, 1.807) is 66.7 Å². The fourth-order valence-electron chi connectivity index (χ4n) is 3.77. The molecular weight excluding hydrogens is 512 g/mol. The van der Waals surface area contributed by atoms with Gasteiger partial charge in [-0.15, -0.1) is 0 Å². The van der Waals surface area contributed by atoms with Crippen LogP contribution in [0.3, 0.4) is 0 Å². The van der Waals surface area contributed by atoms with E-state index in [-0.39, 0.29) is 36.2 Å². The molecule has 0 spiro atoms. The molecule has 10 nitrogen and oxygen atoms in total. The van der Waals surface area contributed by atoms with E-state index >= 15 is 0 Å². The Balaban J connectivity index is 1.61. The van der Waals surface area contributed by atoms with Crippen LogP contribution in [0.5, 0.6) is 0 Å². The van der Waals surface area contributed by atoms with Crippen LogP contribution in [-0.4, -0.2) is 60.1 Å². The molecule has 0 atom stereocenters. The summed E-state index contributed by atoms with van der Waals surface area (Å²) in [6, 6.07) is 19.2. The average Bonchev–Trinajstić information content (AvgIpc) is 2.97. The van der Waals surface area contributed by atoms with Gasteiger partial charge >= 0.3 is 0 Å². The minimum atomic E-state index is -0.449. The predicted molar refractivity (Wildman–Crippen MR) is 153 cm³/mol. The summed E-state index contributed by atoms with van der Waals surface area (Å²) in [5.41, 5.74) is 2.13. The third kappa shape index (κ3) is 9.33. The van der Waals surface area contributed by atoms with E-state index in [4.69, 9.17) is 10.2 Å². The Hall–Kier alpha value is -4.54. The molecule has 0 aliphatic rings. The number of aliphatic hydroxyl groups excluding tert-OH is 2. The molecule has 40 heavy (non-hydrogen) atoms. The summed E-state index contributed by atoms with van der Waals surface area (Å²) in [5.74, 6) is -1.46. The molecule has 3 rings (SSSR count). The highest BCUT2D eigenvalue weighted by Gasteiger charge is 2.13. The summed E-state index contributed by atoms with van der Waals surface area (Å²) in [6.07, 6.45) is 2.53. The zero-order chi connectivity index (χ0) is 28.7. The average molecular weight is 547 g/mol. The number of hydrogen-bond acceptors (Lipinski definition) is 6. The van der Waals surface area contributed by atoms with E-state index in [0.717, 1.165) is 0 Å². The van der Waals surface area contributed by atoms with Crippen LogP contribution in [0.2, 0.25) is 0 Å². The number of rotatable bonds is 14. The summed E-state index contributed by atoms with van der Waals surface area (Å²) in [5, 5.41) is 28.7. The van der Waals surface area contributed by atoms with Gasteiger partial charge in [-0.25, -0.2) is 0 Å². The Morgan fingerprint density at radius 1 is 0.500 bits per heavy atom. The zero-order valence-corrected chi connectivity index (χ0v) is 22.1. The smallest absolute Gasteiger partial charge is 0.255 e. The van der Waals surface area contributed by atoms with E-state index in [1.807, 2.05) is 0 Å². The number of aliphatic hydroxyl groups is 2. The van der Waals surface area contributed by atoms with Gasteiger partial charge in [-0.3, -0.25) is 19.2 Å². The molecule has 210 valence electrons. The molecule has 6 N–H and O–H groups in total. The first kappa shape index (κ1) is 30.0. The van der Waals surface area contributed by atoms with Crippen LogP contribution >= 0.6 is 0 Å². The van der Waals surface area contributed by atoms with Gasteiger partial charge in [0.1, 0.15) is 0 Å². The quantitative estimate of drug-likeness (QED) is 0.171. The van der Waals surface area contributed by atoms with Gasteiger partial charge in [0.25, 0.3) is 23.6 Å². The lowest BCUT2D eigenvalue weighted by atomic mass is 10.1. The monoisotopic (exact) mass is 546 g/mol. The van der Waals surface area contributed by atoms with Crippen molar-refractivity contribution in [2.75, 3.05) is 36.9 Å². The van der Waals surface area contributed by atoms with Gasteiger partial charge in [0.2, 0.25) is 0 Å². The number of amides is 4. The Kier molecular flexibility index (Phi) is 11.8. The van der Waals surface area contributed by atoms with E-state index in [1.165, 1.54) is 6.07 Å². The fourth-order valence-corrected chi connectivity index (χ4v) is 3.77. The zero-order valence-electron chi connectivity index (χ0n) is 22.1. The third-order valence-electron chi connectivity index (χ3n) is 5.89. The first-order valence-electron chi connectivity index (χ1n) is 13.1. The number of benzene rings is 3. The molecule has 0 fully saturated rings. The van der Waals surface area contributed by atoms with Gasteiger partial charge in [-0.1, -0.05) is 18.2 Å². The second-order valence-electron chi connectivity index (χ2n) is 9.02. The van der Waals surface area contributed by atoms with Crippen LogP contribution in [0.25, 0.3) is 0 Å². The molecule has 10 heteroatoms. The lowest BCUT2D eigenvalue weighted by molar-refractivity contribution is 0.0944. The van der Waals surface area contributed by atoms with Crippen LogP contribution in [0.15, 0.2) is 72.8 Å². The Bertz CT molecular complexity index is 1230. The molecule has 0 aromatic heterocycles. The van der Waals surface area contributed by atoms with E-state index in [0.29, 0.717) is 61.3 Å². The van der Waals surface area contributed by atoms with Crippen molar-refractivity contribution in [3.63, 3.8) is 0 Å². The summed E-state index contributed by atoms with van der Waals surface area (Å²) in [4.78, 5) is 50.5. The lowest BCUT2D eigenvalue weighted by Gasteiger charge is -2.10. The van der Waals surface area contributed by atoms with Crippen molar-refractivity contribution < 1.29 is 29.4 Å². The SMILES string of the molecule is O=C(NCCCCO)c1cccc(NC(=O)c2cccc(C(=O)Nc3cccc(C(=O)NCCCCO)c3)c2)c1. The maximum Gasteiger partial charge on any atom is 0.255 e. The number of unbranched alkanes of at least 4 members (excludes halogenated alkanes) is 2. The molecule has 3 aromatic rings. The minimum absolute atomic E-state index is 0.0689. The first-order valence-corrected chi connectivity index (χ1v) is 13.1. The van der Waals surface area contributed by atoms with Crippen LogP contribution < -0.4 is 21.3 Å². The lowest BCUT2D eigenvalue weighted by Crippen LogP contribution is -2.24. The maximum atomic E-state index is 12.9. The van der Waals surface area contributed by atoms with E-state index < -0.39 is 11.8 Å². The van der Waals surface area contributed by atoms with Gasteiger partial charge in [0.15, 0.2) is 0 Å². The van der Waals surface area contributed by atoms with Crippen molar-refractivity contribution in [3.8, 4) is 0 Å². The van der Waals surface area contributed by atoms with Gasteiger partial charge in [-0.2, -0.15) is 0 Å². The van der Waals surface area contributed by atoms with Gasteiger partial charge in [0, 0.05) is 59.9 Å². The summed E-state index contributed by atoms with van der Waals surface area (Å²) < 4.78 is 0. The molecule has 0 aliphatic carbocycles. The third-order valence-corrected chi connectivity index (χ3v) is 5.89. The molecule has 0 unspecified atom stereocenters. The fraction of sp³-hybridized carbons (Fsp3) is 0.267. The Labute approximate surface area is 232 Å². The Morgan fingerprint density at radius 3 is 1.27 bits per heavy atom. The summed E-state index contributed by atoms with van der Waals surface area (Å²) in [7, 11) is 0. The molecule has 3 aromatic carbocycles. The predicted octanol–water partition coefficient (Wildman–Crippen LogP) is 3.20. The van der Waals surface area contributed by atoms with Crippen LogP contribution in [0.4, 0.5) is 11.4 Å². The number of carbonyl (C=O) groups is 4. The van der Waals surface area contributed by atoms with Crippen molar-refractivity contribution in [1.82, 2.24) is 10.6 Å². The molecule has 0 saturated carbocycles. The van der Waals surface area contributed by atoms with Crippen molar-refractivity contribution in [1.29, 1.82) is 0 Å². The van der Waals surface area contributed by atoms with E-state index in [9.17, 15) is 19.2 Å². The van der Waals surface area contributed by atoms with Gasteiger partial charge in [-0.05, 0) is 80.3 Å². The van der Waals surface area contributed by atoms with Crippen LogP contribution in [-0.2, 0) is 0 Å². The number of anilines is 2. The van der Waals surface area contributed by atoms with Gasteiger partial charge in [0.05, 0.1) is 0 Å². The highest BCUT2D eigenvalue weighted by Crippen LogP contribution is 2.16. The molecule has 0 bridgehead atoms. The summed E-state index contributed by atoms with van der Waals surface area (Å²) in [6.45, 7) is 1.01. The largest absolute Gasteiger partial charge is 0.396 e. The number of carbonyl (C=O) groups excluding carboxylic acids is 4. The number of nitrogens with one attached hydrogen (secondary N) is 4. The molecule has 0 heterocycles. The highest BCUT2D eigenvalue weighted by molar-refractivity contribution is 6.09. The standard InChI is InChI=1S/C30H34N4O6/c35-16-3-1-14-31-27(37)23-10-6-12-25(19-23)33-29(39)21-8-5-9-22(18-21)30(40)34-26-13-7-11-24(20-26)28(38)32-15-2-4-17-36/h5-13,18-20,35-36H,1-4,14-17H2,(H,31,37)(H,32,38)(H,33,39)(H,34,40). The molecule has 4 amide bonds. The second-order valence-corrected chi connectivity index (χ2v) is 9.02. The second kappa shape index (κ2) is 15.8. The maximum absolute atomic E-state index is 12.9. The van der Waals surface area contributed by atoms with Crippen molar-refractivity contribution in [3.05, 3.63) is 95.1 Å². The first-order chi connectivity index (χ1) is 19.4. The topological polar surface area (TPSA) is 157 Å². The van der Waals surface area contributed by atoms with Gasteiger partial charge < -0.3 is 31.5 Å². The molecule has 0 radical (unpaired) electrons. The highest BCUT2D eigenvalue weighted by atomic mass is 16.3. The van der Waals surface area contributed by atoms with Crippen LogP contribution in [0.1, 0.15) is 67.1 Å². The van der Waals surface area contributed by atoms with Crippen molar-refractivity contribution in [2.24, 2.45) is 0 Å². The van der Waals surface area contributed by atoms with Crippen molar-refractivity contribution >= 4 is 35.0 Å². The minimum Gasteiger partial charge on any atom is -0.396 e. The van der Waals surface area contributed by atoms with Crippen molar-refractivity contribution in [2.45, 2.75) is 25.7 Å². The Morgan fingerprint density at radius 2 is 0.875 bits per heavy atom. The van der Waals surface area contributed by atoms with Crippen LogP contribution in [0, 0.1) is 0 Å². The summed E-state index contributed by atoms with van der Waals surface area (Å²) >= 11 is 0. The molecule has 0 aliphatic heterocycles. The molecular formula is C30H34N4O6. The number of hydrogen-bond donors (Lipinski definition) is 6.